The average molecular weight is 378 g/mol. The number of nitrogens with zero attached hydrogens (tertiary/aromatic N) is 1. The summed E-state index contributed by atoms with van der Waals surface area (Å²) in [6.45, 7) is -0.116. The van der Waals surface area contributed by atoms with E-state index >= 15 is 0 Å². The number of carbonyl (C=O) groups is 1. The summed E-state index contributed by atoms with van der Waals surface area (Å²) < 4.78 is 15.9. The Labute approximate surface area is 164 Å². The topological polar surface area (TPSA) is 69.7 Å². The van der Waals surface area contributed by atoms with Crippen molar-refractivity contribution in [1.29, 1.82) is 0 Å². The molecule has 0 radical (unpaired) electrons. The highest BCUT2D eigenvalue weighted by atomic mass is 16.5. The summed E-state index contributed by atoms with van der Waals surface area (Å²) in [5, 5.41) is 2.82. The fourth-order valence-electron chi connectivity index (χ4n) is 2.65. The van der Waals surface area contributed by atoms with Gasteiger partial charge in [0.25, 0.3) is 5.91 Å². The lowest BCUT2D eigenvalue weighted by molar-refractivity contribution is -0.118. The van der Waals surface area contributed by atoms with Crippen molar-refractivity contribution in [3.63, 3.8) is 0 Å². The van der Waals surface area contributed by atoms with E-state index in [1.165, 1.54) is 5.56 Å². The van der Waals surface area contributed by atoms with Gasteiger partial charge < -0.3 is 19.5 Å². The summed E-state index contributed by atoms with van der Waals surface area (Å²) in [4.78, 5) is 16.2. The van der Waals surface area contributed by atoms with Gasteiger partial charge in [0, 0.05) is 36.3 Å². The Morgan fingerprint density at radius 2 is 1.43 bits per heavy atom. The number of carbonyl (C=O) groups excluding carboxylic acids is 1. The molecule has 0 aliphatic rings. The van der Waals surface area contributed by atoms with Crippen molar-refractivity contribution < 1.29 is 19.0 Å². The predicted octanol–water partition coefficient (Wildman–Crippen LogP) is 3.71. The normalized spacial score (nSPS) is 10.2. The average Bonchev–Trinajstić information content (AvgIpc) is 2.74. The van der Waals surface area contributed by atoms with Gasteiger partial charge in [-0.2, -0.15) is 0 Å². The molecule has 0 saturated heterocycles. The van der Waals surface area contributed by atoms with Gasteiger partial charge >= 0.3 is 0 Å². The maximum Gasteiger partial charge on any atom is 0.262 e. The van der Waals surface area contributed by atoms with E-state index in [0.29, 0.717) is 17.2 Å². The predicted molar refractivity (Wildman–Crippen MR) is 107 cm³/mol. The third kappa shape index (κ3) is 5.48. The summed E-state index contributed by atoms with van der Waals surface area (Å²) in [6, 6.07) is 16.8. The smallest absolute Gasteiger partial charge is 0.262 e. The molecule has 0 spiro atoms. The lowest BCUT2D eigenvalue weighted by atomic mass is 10.1. The van der Waals surface area contributed by atoms with E-state index in [1.54, 1.807) is 44.8 Å². The highest BCUT2D eigenvalue weighted by molar-refractivity contribution is 5.91. The van der Waals surface area contributed by atoms with Gasteiger partial charge in [-0.15, -0.1) is 0 Å². The number of nitrogens with one attached hydrogen (secondary N) is 1. The molecule has 0 fully saturated rings. The summed E-state index contributed by atoms with van der Waals surface area (Å²) in [5.74, 6) is 1.45. The molecule has 0 atom stereocenters. The lowest BCUT2D eigenvalue weighted by Crippen LogP contribution is -2.20. The number of amides is 1. The number of anilines is 1. The van der Waals surface area contributed by atoms with E-state index in [9.17, 15) is 4.79 Å². The first-order chi connectivity index (χ1) is 13.7. The van der Waals surface area contributed by atoms with Gasteiger partial charge in [0.05, 0.1) is 14.2 Å². The van der Waals surface area contributed by atoms with Crippen LogP contribution in [0.25, 0.3) is 0 Å². The number of aromatic nitrogens is 1. The fraction of sp³-hybridized carbons (Fsp3) is 0.182. The van der Waals surface area contributed by atoms with Crippen molar-refractivity contribution in [1.82, 2.24) is 4.98 Å². The Morgan fingerprint density at radius 1 is 0.857 bits per heavy atom. The molecule has 1 heterocycles. The van der Waals surface area contributed by atoms with Crippen molar-refractivity contribution in [2.24, 2.45) is 0 Å². The summed E-state index contributed by atoms with van der Waals surface area (Å²) in [7, 11) is 3.12. The molecule has 0 aliphatic carbocycles. The number of pyridine rings is 1. The molecule has 1 N–H and O–H groups in total. The van der Waals surface area contributed by atoms with Crippen molar-refractivity contribution in [3.8, 4) is 17.2 Å². The second-order valence-electron chi connectivity index (χ2n) is 6.11. The molecule has 0 aliphatic heterocycles. The standard InChI is InChI=1S/C22H22N2O4/c1-26-19-12-20(27-2)14-21(13-19)28-15-22(25)24-18-5-3-16(4-6-18)11-17-7-9-23-10-8-17/h3-10,12-14H,11,15H2,1-2H3,(H,24,25). The fourth-order valence-corrected chi connectivity index (χ4v) is 2.65. The number of methoxy groups -OCH3 is 2. The Morgan fingerprint density at radius 3 is 2.04 bits per heavy atom. The van der Waals surface area contributed by atoms with Crippen LogP contribution in [0.5, 0.6) is 17.2 Å². The quantitative estimate of drug-likeness (QED) is 0.647. The third-order valence-electron chi connectivity index (χ3n) is 4.09. The molecule has 144 valence electrons. The largest absolute Gasteiger partial charge is 0.496 e. The molecule has 2 aromatic carbocycles. The Hall–Kier alpha value is -3.54. The zero-order chi connectivity index (χ0) is 19.8. The van der Waals surface area contributed by atoms with Gasteiger partial charge in [-0.1, -0.05) is 12.1 Å². The van der Waals surface area contributed by atoms with Crippen LogP contribution in [0.2, 0.25) is 0 Å². The van der Waals surface area contributed by atoms with Crippen LogP contribution in [-0.4, -0.2) is 31.7 Å². The molecule has 28 heavy (non-hydrogen) atoms. The Bertz CT molecular complexity index is 889. The van der Waals surface area contributed by atoms with Gasteiger partial charge in [0.15, 0.2) is 6.61 Å². The summed E-state index contributed by atoms with van der Waals surface area (Å²) in [6.07, 6.45) is 4.38. The number of ether oxygens (including phenoxy) is 3. The van der Waals surface area contributed by atoms with Crippen LogP contribution >= 0.6 is 0 Å². The zero-order valence-corrected chi connectivity index (χ0v) is 15.8. The van der Waals surface area contributed by atoms with Crippen molar-refractivity contribution in [2.75, 3.05) is 26.1 Å². The minimum Gasteiger partial charge on any atom is -0.496 e. The maximum absolute atomic E-state index is 12.2. The molecule has 6 nitrogen and oxygen atoms in total. The molecular formula is C22H22N2O4. The van der Waals surface area contributed by atoms with Gasteiger partial charge in [0.1, 0.15) is 17.2 Å². The molecule has 0 unspecified atom stereocenters. The molecule has 0 bridgehead atoms. The van der Waals surface area contributed by atoms with E-state index in [0.717, 1.165) is 17.7 Å². The van der Waals surface area contributed by atoms with Crippen LogP contribution < -0.4 is 19.5 Å². The van der Waals surface area contributed by atoms with Crippen LogP contribution in [0.4, 0.5) is 5.69 Å². The highest BCUT2D eigenvalue weighted by Gasteiger charge is 2.07. The molecule has 3 aromatic rings. The first kappa shape index (κ1) is 19.2. The molecule has 0 saturated carbocycles. The molecule has 3 rings (SSSR count). The number of hydrogen-bond acceptors (Lipinski definition) is 5. The van der Waals surface area contributed by atoms with E-state index < -0.39 is 0 Å². The number of hydrogen-bond donors (Lipinski definition) is 1. The van der Waals surface area contributed by atoms with Crippen molar-refractivity contribution in [3.05, 3.63) is 78.1 Å². The maximum atomic E-state index is 12.2. The van der Waals surface area contributed by atoms with Crippen LogP contribution in [-0.2, 0) is 11.2 Å². The number of rotatable bonds is 8. The van der Waals surface area contributed by atoms with Crippen LogP contribution in [0.3, 0.4) is 0 Å². The molecule has 6 heteroatoms. The van der Waals surface area contributed by atoms with E-state index in [1.807, 2.05) is 36.4 Å². The SMILES string of the molecule is COc1cc(OC)cc(OCC(=O)Nc2ccc(Cc3ccncc3)cc2)c1. The van der Waals surface area contributed by atoms with Gasteiger partial charge in [0.2, 0.25) is 0 Å². The van der Waals surface area contributed by atoms with E-state index in [-0.39, 0.29) is 12.5 Å². The van der Waals surface area contributed by atoms with Gasteiger partial charge in [-0.3, -0.25) is 9.78 Å². The lowest BCUT2D eigenvalue weighted by Gasteiger charge is -2.11. The minimum absolute atomic E-state index is 0.116. The first-order valence-electron chi connectivity index (χ1n) is 8.80. The highest BCUT2D eigenvalue weighted by Crippen LogP contribution is 2.27. The molecular weight excluding hydrogens is 356 g/mol. The van der Waals surface area contributed by atoms with E-state index in [2.05, 4.69) is 10.3 Å². The molecule has 1 aromatic heterocycles. The zero-order valence-electron chi connectivity index (χ0n) is 15.8. The second kappa shape index (κ2) is 9.41. The first-order valence-corrected chi connectivity index (χ1v) is 8.80. The Kier molecular flexibility index (Phi) is 6.46. The van der Waals surface area contributed by atoms with Gasteiger partial charge in [-0.05, 0) is 41.8 Å². The third-order valence-corrected chi connectivity index (χ3v) is 4.09. The van der Waals surface area contributed by atoms with Gasteiger partial charge in [-0.25, -0.2) is 0 Å². The second-order valence-corrected chi connectivity index (χ2v) is 6.11. The van der Waals surface area contributed by atoms with Crippen LogP contribution in [0.15, 0.2) is 67.0 Å². The number of benzene rings is 2. The summed E-state index contributed by atoms with van der Waals surface area (Å²) >= 11 is 0. The Balaban J connectivity index is 1.53. The molecule has 1 amide bonds. The van der Waals surface area contributed by atoms with Crippen LogP contribution in [0.1, 0.15) is 11.1 Å². The summed E-state index contributed by atoms with van der Waals surface area (Å²) in [5.41, 5.74) is 3.06. The van der Waals surface area contributed by atoms with Crippen molar-refractivity contribution >= 4 is 11.6 Å². The minimum atomic E-state index is -0.247. The van der Waals surface area contributed by atoms with Crippen LogP contribution in [0, 0.1) is 0 Å². The monoisotopic (exact) mass is 378 g/mol. The van der Waals surface area contributed by atoms with Crippen molar-refractivity contribution in [2.45, 2.75) is 6.42 Å². The van der Waals surface area contributed by atoms with E-state index in [4.69, 9.17) is 14.2 Å².